The standard InChI is InChI=1S/C24H24N4O3S/c29-24(23(16-7-10-32-13-16)28-8-1-2-9-28)25-17-4-5-19-18(12-17)22(27-26-19)15-3-6-20-21(11-15)31-14-30-20/h3-7,10-13,23-25,29H,1-2,8-9,14H2,(H,26,27). The number of anilines is 1. The molecule has 4 heterocycles. The van der Waals surface area contributed by atoms with Gasteiger partial charge in [-0.1, -0.05) is 0 Å². The molecule has 8 heteroatoms. The van der Waals surface area contributed by atoms with Crippen molar-refractivity contribution in [3.8, 4) is 22.8 Å². The van der Waals surface area contributed by atoms with Crippen LogP contribution in [0.1, 0.15) is 24.4 Å². The topological polar surface area (TPSA) is 82.6 Å². The monoisotopic (exact) mass is 448 g/mol. The fraction of sp³-hybridized carbons (Fsp3) is 0.292. The molecule has 0 aliphatic carbocycles. The Hall–Kier alpha value is -3.07. The smallest absolute Gasteiger partial charge is 0.231 e. The van der Waals surface area contributed by atoms with Crippen LogP contribution in [0.3, 0.4) is 0 Å². The molecule has 2 aliphatic heterocycles. The molecule has 6 rings (SSSR count). The van der Waals surface area contributed by atoms with E-state index in [-0.39, 0.29) is 12.8 Å². The van der Waals surface area contributed by atoms with Crippen molar-refractivity contribution in [2.45, 2.75) is 25.1 Å². The SMILES string of the molecule is OC(Nc1ccc2[nH]nc(-c3ccc4c(c3)OCO4)c2c1)C(c1ccsc1)N1CCCC1. The van der Waals surface area contributed by atoms with Gasteiger partial charge in [-0.25, -0.2) is 0 Å². The number of aromatic amines is 1. The third kappa shape index (κ3) is 3.50. The van der Waals surface area contributed by atoms with Crippen LogP contribution in [-0.2, 0) is 0 Å². The lowest BCUT2D eigenvalue weighted by atomic mass is 10.1. The number of fused-ring (bicyclic) bond motifs is 2. The third-order valence-corrected chi connectivity index (χ3v) is 6.94. The molecule has 0 bridgehead atoms. The Balaban J connectivity index is 1.30. The van der Waals surface area contributed by atoms with Crippen molar-refractivity contribution >= 4 is 27.9 Å². The number of hydrogen-bond donors (Lipinski definition) is 3. The van der Waals surface area contributed by atoms with Crippen LogP contribution in [0, 0.1) is 0 Å². The largest absolute Gasteiger partial charge is 0.454 e. The molecule has 0 amide bonds. The molecule has 3 N–H and O–H groups in total. The van der Waals surface area contributed by atoms with E-state index in [2.05, 4.69) is 37.2 Å². The third-order valence-electron chi connectivity index (χ3n) is 6.24. The Kier molecular flexibility index (Phi) is 4.98. The first-order chi connectivity index (χ1) is 15.8. The first-order valence-electron chi connectivity index (χ1n) is 10.9. The number of benzene rings is 2. The number of H-pyrrole nitrogens is 1. The quantitative estimate of drug-likeness (QED) is 0.374. The minimum absolute atomic E-state index is 0.0721. The summed E-state index contributed by atoms with van der Waals surface area (Å²) in [5.74, 6) is 1.48. The Morgan fingerprint density at radius 3 is 2.78 bits per heavy atom. The first-order valence-corrected chi connectivity index (χ1v) is 11.8. The summed E-state index contributed by atoms with van der Waals surface area (Å²) in [5.41, 5.74) is 4.73. The summed E-state index contributed by atoms with van der Waals surface area (Å²) < 4.78 is 11.0. The number of likely N-dealkylation sites (tertiary alicyclic amines) is 1. The van der Waals surface area contributed by atoms with Crippen LogP contribution in [0.15, 0.2) is 53.2 Å². The van der Waals surface area contributed by atoms with Gasteiger partial charge in [0.05, 0.1) is 11.6 Å². The van der Waals surface area contributed by atoms with Crippen LogP contribution in [0.4, 0.5) is 5.69 Å². The van der Waals surface area contributed by atoms with Crippen molar-refractivity contribution in [3.63, 3.8) is 0 Å². The number of rotatable bonds is 6. The van der Waals surface area contributed by atoms with Gasteiger partial charge in [0.25, 0.3) is 0 Å². The summed E-state index contributed by atoms with van der Waals surface area (Å²) in [5, 5.41) is 27.4. The van der Waals surface area contributed by atoms with Crippen molar-refractivity contribution in [1.29, 1.82) is 0 Å². The van der Waals surface area contributed by atoms with E-state index in [0.29, 0.717) is 0 Å². The number of ether oxygens (including phenoxy) is 2. The number of nitrogens with zero attached hydrogens (tertiary/aromatic N) is 2. The fourth-order valence-electron chi connectivity index (χ4n) is 4.67. The van der Waals surface area contributed by atoms with Gasteiger partial charge in [0.15, 0.2) is 11.5 Å². The second-order valence-electron chi connectivity index (χ2n) is 8.23. The normalized spacial score (nSPS) is 17.7. The van der Waals surface area contributed by atoms with E-state index in [0.717, 1.165) is 58.0 Å². The van der Waals surface area contributed by atoms with Gasteiger partial charge in [-0.2, -0.15) is 16.4 Å². The molecule has 164 valence electrons. The van der Waals surface area contributed by atoms with E-state index in [1.165, 1.54) is 12.8 Å². The second kappa shape index (κ2) is 8.12. The van der Waals surface area contributed by atoms with Gasteiger partial charge in [0.1, 0.15) is 11.9 Å². The Bertz CT molecular complexity index is 1230. The van der Waals surface area contributed by atoms with E-state index in [1.54, 1.807) is 11.3 Å². The lowest BCUT2D eigenvalue weighted by molar-refractivity contribution is 0.0815. The highest BCUT2D eigenvalue weighted by Crippen LogP contribution is 2.38. The Morgan fingerprint density at radius 2 is 1.94 bits per heavy atom. The summed E-state index contributed by atoms with van der Waals surface area (Å²) in [6, 6.07) is 13.9. The number of hydrogen-bond acceptors (Lipinski definition) is 7. The average molecular weight is 449 g/mol. The maximum Gasteiger partial charge on any atom is 0.231 e. The predicted molar refractivity (Wildman–Crippen MR) is 125 cm³/mol. The highest BCUT2D eigenvalue weighted by Gasteiger charge is 2.30. The first kappa shape index (κ1) is 19.6. The summed E-state index contributed by atoms with van der Waals surface area (Å²) in [6.45, 7) is 2.26. The average Bonchev–Trinajstić information content (AvgIpc) is 3.60. The van der Waals surface area contributed by atoms with Gasteiger partial charge in [0, 0.05) is 16.6 Å². The second-order valence-corrected chi connectivity index (χ2v) is 9.01. The fourth-order valence-corrected chi connectivity index (χ4v) is 5.36. The number of thiophene rings is 1. The van der Waals surface area contributed by atoms with Crippen molar-refractivity contribution in [2.24, 2.45) is 0 Å². The maximum atomic E-state index is 11.2. The zero-order valence-corrected chi connectivity index (χ0v) is 18.3. The van der Waals surface area contributed by atoms with Crippen LogP contribution in [0.5, 0.6) is 11.5 Å². The van der Waals surface area contributed by atoms with Crippen LogP contribution in [0.25, 0.3) is 22.2 Å². The van der Waals surface area contributed by atoms with Crippen molar-refractivity contribution in [1.82, 2.24) is 15.1 Å². The van der Waals surface area contributed by atoms with Gasteiger partial charge in [-0.05, 0) is 84.7 Å². The number of aliphatic hydroxyl groups excluding tert-OH is 1. The van der Waals surface area contributed by atoms with Crippen molar-refractivity contribution < 1.29 is 14.6 Å². The molecular weight excluding hydrogens is 424 g/mol. The molecule has 1 fully saturated rings. The number of aromatic nitrogens is 2. The molecule has 2 aromatic heterocycles. The minimum Gasteiger partial charge on any atom is -0.454 e. The van der Waals surface area contributed by atoms with E-state index in [9.17, 15) is 5.11 Å². The van der Waals surface area contributed by atoms with Crippen molar-refractivity contribution in [3.05, 3.63) is 58.8 Å². The van der Waals surface area contributed by atoms with Crippen LogP contribution < -0.4 is 14.8 Å². The van der Waals surface area contributed by atoms with E-state index >= 15 is 0 Å². The molecule has 7 nitrogen and oxygen atoms in total. The molecule has 4 aromatic rings. The molecule has 0 spiro atoms. The van der Waals surface area contributed by atoms with E-state index in [1.807, 2.05) is 36.4 Å². The van der Waals surface area contributed by atoms with E-state index in [4.69, 9.17) is 9.47 Å². The van der Waals surface area contributed by atoms with Crippen LogP contribution in [0.2, 0.25) is 0 Å². The highest BCUT2D eigenvalue weighted by atomic mass is 32.1. The zero-order chi connectivity index (χ0) is 21.5. The van der Waals surface area contributed by atoms with E-state index < -0.39 is 6.23 Å². The summed E-state index contributed by atoms with van der Waals surface area (Å²) in [6.07, 6.45) is 1.63. The van der Waals surface area contributed by atoms with Gasteiger partial charge in [0.2, 0.25) is 6.79 Å². The lowest BCUT2D eigenvalue weighted by Crippen LogP contribution is -2.38. The molecule has 2 atom stereocenters. The van der Waals surface area contributed by atoms with Gasteiger partial charge >= 0.3 is 0 Å². The Labute approximate surface area is 189 Å². The van der Waals surface area contributed by atoms with Gasteiger partial charge < -0.3 is 19.9 Å². The molecule has 0 radical (unpaired) electrons. The summed E-state index contributed by atoms with van der Waals surface area (Å²) in [7, 11) is 0. The molecule has 0 saturated carbocycles. The van der Waals surface area contributed by atoms with Crippen LogP contribution >= 0.6 is 11.3 Å². The predicted octanol–water partition coefficient (Wildman–Crippen LogP) is 4.59. The minimum atomic E-state index is -0.721. The van der Waals surface area contributed by atoms with Gasteiger partial charge in [-0.3, -0.25) is 10.00 Å². The highest BCUT2D eigenvalue weighted by molar-refractivity contribution is 7.08. The number of nitrogens with one attached hydrogen (secondary N) is 2. The molecule has 1 saturated heterocycles. The molecule has 2 aliphatic rings. The molecule has 32 heavy (non-hydrogen) atoms. The maximum absolute atomic E-state index is 11.2. The Morgan fingerprint density at radius 1 is 1.06 bits per heavy atom. The van der Waals surface area contributed by atoms with Gasteiger partial charge in [-0.15, -0.1) is 0 Å². The molecule has 2 unspecified atom stereocenters. The van der Waals surface area contributed by atoms with Crippen LogP contribution in [-0.4, -0.2) is 46.3 Å². The summed E-state index contributed by atoms with van der Waals surface area (Å²) >= 11 is 1.66. The lowest BCUT2D eigenvalue weighted by Gasteiger charge is -2.32. The number of aliphatic hydroxyl groups is 1. The summed E-state index contributed by atoms with van der Waals surface area (Å²) in [4.78, 5) is 2.37. The molecular formula is C24H24N4O3S. The van der Waals surface area contributed by atoms with Crippen molar-refractivity contribution in [2.75, 3.05) is 25.2 Å². The zero-order valence-electron chi connectivity index (χ0n) is 17.5. The molecule has 2 aromatic carbocycles.